The third kappa shape index (κ3) is 6.79. The van der Waals surface area contributed by atoms with Gasteiger partial charge in [-0.1, -0.05) is 57.2 Å². The van der Waals surface area contributed by atoms with Crippen molar-refractivity contribution in [3.05, 3.63) is 29.8 Å². The highest BCUT2D eigenvalue weighted by Gasteiger charge is 2.10. The number of carbonyl (C=O) groups is 1. The largest absolute Gasteiger partial charge is 0.493 e. The van der Waals surface area contributed by atoms with Crippen LogP contribution in [0.5, 0.6) is 11.5 Å². The molecule has 0 spiro atoms. The molecule has 1 rings (SSSR count). The number of ether oxygens (including phenoxy) is 2. The summed E-state index contributed by atoms with van der Waals surface area (Å²) < 4.78 is 10.7. The maximum atomic E-state index is 11.9. The summed E-state index contributed by atoms with van der Waals surface area (Å²) in [5.74, 6) is 0.895. The molecule has 1 aromatic rings. The maximum absolute atomic E-state index is 11.9. The highest BCUT2D eigenvalue weighted by Crippen LogP contribution is 2.29. The molecule has 0 aliphatic heterocycles. The normalized spacial score (nSPS) is 10.9. The summed E-state index contributed by atoms with van der Waals surface area (Å²) in [5, 5.41) is 0. The minimum absolute atomic E-state index is 0.187. The lowest BCUT2D eigenvalue weighted by Crippen LogP contribution is -2.08. The van der Waals surface area contributed by atoms with Gasteiger partial charge in [-0.2, -0.15) is 0 Å². The van der Waals surface area contributed by atoms with E-state index in [1.165, 1.54) is 25.7 Å². The van der Waals surface area contributed by atoms with Gasteiger partial charge in [-0.25, -0.2) is 0 Å². The van der Waals surface area contributed by atoms with Crippen LogP contribution < -0.4 is 9.47 Å². The van der Waals surface area contributed by atoms with E-state index in [1.54, 1.807) is 13.2 Å². The van der Waals surface area contributed by atoms with Gasteiger partial charge in [0, 0.05) is 6.42 Å². The van der Waals surface area contributed by atoms with Crippen LogP contribution in [0.25, 0.3) is 6.08 Å². The first kappa shape index (κ1) is 18.3. The standard InChI is InChI=1S/C19H28O3/c1-4-6-7-8-9-10-12-19(20)22-17-14-13-16(11-5-2)15-18(17)21-3/h5,11,13-15H,4,6-10,12H2,1-3H3. The van der Waals surface area contributed by atoms with Gasteiger partial charge in [0.05, 0.1) is 7.11 Å². The Hall–Kier alpha value is -1.77. The Kier molecular flexibility index (Phi) is 9.04. The third-order valence-corrected chi connectivity index (χ3v) is 3.51. The second-order valence-electron chi connectivity index (χ2n) is 5.40. The molecule has 22 heavy (non-hydrogen) atoms. The summed E-state index contributed by atoms with van der Waals surface area (Å²) in [6.45, 7) is 4.16. The highest BCUT2D eigenvalue weighted by atomic mass is 16.6. The van der Waals surface area contributed by atoms with E-state index < -0.39 is 0 Å². The van der Waals surface area contributed by atoms with Gasteiger partial charge in [-0.05, 0) is 31.0 Å². The molecule has 1 aromatic carbocycles. The first-order valence-corrected chi connectivity index (χ1v) is 8.22. The fourth-order valence-electron chi connectivity index (χ4n) is 2.29. The Bertz CT molecular complexity index is 478. The predicted octanol–water partition coefficient (Wildman–Crippen LogP) is 5.38. The van der Waals surface area contributed by atoms with Gasteiger partial charge in [-0.15, -0.1) is 0 Å². The molecule has 0 N–H and O–H groups in total. The molecular formula is C19H28O3. The van der Waals surface area contributed by atoms with Crippen LogP contribution in [0.15, 0.2) is 24.3 Å². The minimum atomic E-state index is -0.187. The van der Waals surface area contributed by atoms with Crippen LogP contribution in [-0.4, -0.2) is 13.1 Å². The van der Waals surface area contributed by atoms with E-state index in [9.17, 15) is 4.79 Å². The molecule has 0 aliphatic carbocycles. The van der Waals surface area contributed by atoms with Crippen LogP contribution in [0.3, 0.4) is 0 Å². The first-order chi connectivity index (χ1) is 10.7. The summed E-state index contributed by atoms with van der Waals surface area (Å²) in [7, 11) is 1.58. The van der Waals surface area contributed by atoms with Crippen molar-refractivity contribution >= 4 is 12.0 Å². The van der Waals surface area contributed by atoms with Gasteiger partial charge in [0.1, 0.15) is 0 Å². The van der Waals surface area contributed by atoms with Crippen molar-refractivity contribution in [2.24, 2.45) is 0 Å². The van der Waals surface area contributed by atoms with Gasteiger partial charge in [0.15, 0.2) is 11.5 Å². The molecule has 0 fully saturated rings. The van der Waals surface area contributed by atoms with Gasteiger partial charge in [0.25, 0.3) is 0 Å². The molecule has 0 atom stereocenters. The molecule has 0 saturated carbocycles. The number of rotatable bonds is 10. The van der Waals surface area contributed by atoms with Crippen LogP contribution in [0.2, 0.25) is 0 Å². The van der Waals surface area contributed by atoms with E-state index in [4.69, 9.17) is 9.47 Å². The number of hydrogen-bond acceptors (Lipinski definition) is 3. The molecule has 0 amide bonds. The van der Waals surface area contributed by atoms with Crippen molar-refractivity contribution < 1.29 is 14.3 Å². The predicted molar refractivity (Wildman–Crippen MR) is 91.3 cm³/mol. The number of allylic oxidation sites excluding steroid dienone is 1. The molecule has 0 aromatic heterocycles. The molecule has 0 unspecified atom stereocenters. The topological polar surface area (TPSA) is 35.5 Å². The number of unbranched alkanes of at least 4 members (excludes halogenated alkanes) is 5. The van der Waals surface area contributed by atoms with Crippen molar-refractivity contribution in [2.45, 2.75) is 58.8 Å². The monoisotopic (exact) mass is 304 g/mol. The SMILES string of the molecule is CC=Cc1ccc(OC(=O)CCCCCCCC)c(OC)c1. The molecular weight excluding hydrogens is 276 g/mol. The van der Waals surface area contributed by atoms with Crippen molar-refractivity contribution in [3.63, 3.8) is 0 Å². The smallest absolute Gasteiger partial charge is 0.311 e. The second kappa shape index (κ2) is 10.9. The van der Waals surface area contributed by atoms with E-state index in [1.807, 2.05) is 31.2 Å². The van der Waals surface area contributed by atoms with Crippen molar-refractivity contribution in [1.82, 2.24) is 0 Å². The van der Waals surface area contributed by atoms with Gasteiger partial charge < -0.3 is 9.47 Å². The molecule has 0 radical (unpaired) electrons. The fraction of sp³-hybridized carbons (Fsp3) is 0.526. The van der Waals surface area contributed by atoms with Crippen LogP contribution in [0.1, 0.15) is 64.4 Å². The van der Waals surface area contributed by atoms with E-state index in [-0.39, 0.29) is 5.97 Å². The van der Waals surface area contributed by atoms with Gasteiger partial charge in [-0.3, -0.25) is 4.79 Å². The average molecular weight is 304 g/mol. The molecule has 3 nitrogen and oxygen atoms in total. The maximum Gasteiger partial charge on any atom is 0.311 e. The molecule has 0 bridgehead atoms. The second-order valence-corrected chi connectivity index (χ2v) is 5.40. The van der Waals surface area contributed by atoms with Crippen LogP contribution >= 0.6 is 0 Å². The quantitative estimate of drug-likeness (QED) is 0.330. The Balaban J connectivity index is 2.43. The van der Waals surface area contributed by atoms with Crippen molar-refractivity contribution in [3.8, 4) is 11.5 Å². The summed E-state index contributed by atoms with van der Waals surface area (Å²) in [6, 6.07) is 5.57. The lowest BCUT2D eigenvalue weighted by molar-refractivity contribution is -0.134. The number of benzene rings is 1. The molecule has 3 heteroatoms. The average Bonchev–Trinajstić information content (AvgIpc) is 2.52. The number of hydrogen-bond donors (Lipinski definition) is 0. The number of carbonyl (C=O) groups excluding carboxylic acids is 1. The zero-order valence-electron chi connectivity index (χ0n) is 14.1. The molecule has 0 saturated heterocycles. The summed E-state index contributed by atoms with van der Waals surface area (Å²) in [6.07, 6.45) is 11.4. The number of methoxy groups -OCH3 is 1. The third-order valence-electron chi connectivity index (χ3n) is 3.51. The summed E-state index contributed by atoms with van der Waals surface area (Å²) in [4.78, 5) is 11.9. The zero-order chi connectivity index (χ0) is 16.2. The van der Waals surface area contributed by atoms with Gasteiger partial charge in [0.2, 0.25) is 0 Å². The Labute approximate surface area is 134 Å². The van der Waals surface area contributed by atoms with Crippen molar-refractivity contribution in [1.29, 1.82) is 0 Å². The minimum Gasteiger partial charge on any atom is -0.493 e. The van der Waals surface area contributed by atoms with Crippen LogP contribution in [0, 0.1) is 0 Å². The van der Waals surface area contributed by atoms with E-state index >= 15 is 0 Å². The number of esters is 1. The first-order valence-electron chi connectivity index (χ1n) is 8.22. The molecule has 0 aliphatic rings. The van der Waals surface area contributed by atoms with E-state index in [2.05, 4.69) is 6.92 Å². The van der Waals surface area contributed by atoms with Crippen LogP contribution in [-0.2, 0) is 4.79 Å². The van der Waals surface area contributed by atoms with Crippen molar-refractivity contribution in [2.75, 3.05) is 7.11 Å². The molecule has 0 heterocycles. The molecule has 122 valence electrons. The zero-order valence-corrected chi connectivity index (χ0v) is 14.1. The summed E-state index contributed by atoms with van der Waals surface area (Å²) in [5.41, 5.74) is 1.02. The van der Waals surface area contributed by atoms with E-state index in [0.717, 1.165) is 18.4 Å². The summed E-state index contributed by atoms with van der Waals surface area (Å²) >= 11 is 0. The van der Waals surface area contributed by atoms with Crippen LogP contribution in [0.4, 0.5) is 0 Å². The highest BCUT2D eigenvalue weighted by molar-refractivity contribution is 5.73. The Morgan fingerprint density at radius 3 is 2.50 bits per heavy atom. The Morgan fingerprint density at radius 2 is 1.82 bits per heavy atom. The lowest BCUT2D eigenvalue weighted by Gasteiger charge is -2.10. The lowest BCUT2D eigenvalue weighted by atomic mass is 10.1. The fourth-order valence-corrected chi connectivity index (χ4v) is 2.29. The Morgan fingerprint density at radius 1 is 1.09 bits per heavy atom. The van der Waals surface area contributed by atoms with E-state index in [0.29, 0.717) is 17.9 Å². The van der Waals surface area contributed by atoms with Gasteiger partial charge >= 0.3 is 5.97 Å².